The van der Waals surface area contributed by atoms with Gasteiger partial charge in [-0.1, -0.05) is 25.3 Å². The minimum Gasteiger partial charge on any atom is -0.490 e. The van der Waals surface area contributed by atoms with E-state index in [2.05, 4.69) is 4.90 Å². The molecule has 0 spiro atoms. The van der Waals surface area contributed by atoms with E-state index in [1.54, 1.807) is 12.1 Å². The summed E-state index contributed by atoms with van der Waals surface area (Å²) in [6, 6.07) is 5.88. The molecule has 25 heavy (non-hydrogen) atoms. The Hall–Kier alpha value is -1.21. The van der Waals surface area contributed by atoms with Crippen LogP contribution in [-0.2, 0) is 4.74 Å². The van der Waals surface area contributed by atoms with Crippen molar-refractivity contribution in [3.8, 4) is 5.75 Å². The lowest BCUT2D eigenvalue weighted by atomic mass is 9.84. The van der Waals surface area contributed by atoms with Crippen LogP contribution in [0.2, 0.25) is 0 Å². The molecular weight excluding hydrogens is 325 g/mol. The molecule has 5 nitrogen and oxygen atoms in total. The lowest BCUT2D eigenvalue weighted by Crippen LogP contribution is -2.53. The smallest absolute Gasteiger partial charge is 0.134 e. The van der Waals surface area contributed by atoms with Crippen LogP contribution in [0.25, 0.3) is 0 Å². The fourth-order valence-electron chi connectivity index (χ4n) is 3.78. The van der Waals surface area contributed by atoms with E-state index in [4.69, 9.17) is 9.47 Å². The number of benzene rings is 1. The molecule has 1 unspecified atom stereocenters. The maximum atomic E-state index is 13.3. The first-order valence-corrected chi connectivity index (χ1v) is 9.10. The van der Waals surface area contributed by atoms with Gasteiger partial charge in [-0.2, -0.15) is 0 Å². The molecule has 140 valence electrons. The normalized spacial score (nSPS) is 27.6. The van der Waals surface area contributed by atoms with Gasteiger partial charge in [-0.05, 0) is 25.0 Å². The van der Waals surface area contributed by atoms with Crippen LogP contribution in [0.15, 0.2) is 24.3 Å². The van der Waals surface area contributed by atoms with Gasteiger partial charge in [0.1, 0.15) is 23.8 Å². The summed E-state index contributed by atoms with van der Waals surface area (Å²) in [5, 5.41) is 21.7. The van der Waals surface area contributed by atoms with E-state index in [0.29, 0.717) is 32.0 Å². The van der Waals surface area contributed by atoms with Crippen LogP contribution in [0.4, 0.5) is 4.39 Å². The number of rotatable bonds is 5. The molecule has 0 aromatic heterocycles. The number of β-amino-alcohol motifs (C(OH)–C–C–N with tert-alkyl or cyclic N) is 2. The summed E-state index contributed by atoms with van der Waals surface area (Å²) in [5.41, 5.74) is -1.86. The summed E-state index contributed by atoms with van der Waals surface area (Å²) in [5.74, 6) is 0.0119. The Balaban J connectivity index is 1.59. The second kappa shape index (κ2) is 7.99. The molecule has 1 aliphatic heterocycles. The molecule has 1 heterocycles. The number of nitrogens with zero attached hydrogens (tertiary/aromatic N) is 1. The molecular formula is C19H28FNO4. The molecule has 3 rings (SSSR count). The highest BCUT2D eigenvalue weighted by Gasteiger charge is 2.37. The molecule has 1 aliphatic carbocycles. The zero-order valence-electron chi connectivity index (χ0n) is 14.6. The molecule has 2 N–H and O–H groups in total. The number of halogens is 1. The second-order valence-corrected chi connectivity index (χ2v) is 7.52. The van der Waals surface area contributed by atoms with E-state index in [1.807, 2.05) is 0 Å². The topological polar surface area (TPSA) is 62.2 Å². The van der Waals surface area contributed by atoms with E-state index in [0.717, 1.165) is 25.7 Å². The molecule has 1 saturated carbocycles. The van der Waals surface area contributed by atoms with Gasteiger partial charge in [0.2, 0.25) is 0 Å². The lowest BCUT2D eigenvalue weighted by molar-refractivity contribution is -0.0759. The standard InChI is InChI=1S/C19H28FNO4/c20-16-5-4-6-17(11-16)25-15-19(23)13-21(9-10-24-14-19)12-18(22)7-2-1-3-8-18/h4-6,11,22-23H,1-3,7-10,12-15H2. The third kappa shape index (κ3) is 5.38. The van der Waals surface area contributed by atoms with E-state index in [-0.39, 0.29) is 19.0 Å². The van der Waals surface area contributed by atoms with Crippen molar-refractivity contribution in [1.82, 2.24) is 4.90 Å². The lowest BCUT2D eigenvalue weighted by Gasteiger charge is -2.38. The van der Waals surface area contributed by atoms with Crippen molar-refractivity contribution in [3.63, 3.8) is 0 Å². The summed E-state index contributed by atoms with van der Waals surface area (Å²) >= 11 is 0. The van der Waals surface area contributed by atoms with E-state index in [1.165, 1.54) is 18.6 Å². The molecule has 6 heteroatoms. The summed E-state index contributed by atoms with van der Waals surface area (Å²) in [6.07, 6.45) is 4.89. The number of hydrogen-bond acceptors (Lipinski definition) is 5. The van der Waals surface area contributed by atoms with Gasteiger partial charge in [0.05, 0.1) is 18.8 Å². The van der Waals surface area contributed by atoms with Gasteiger partial charge < -0.3 is 19.7 Å². The molecule has 1 saturated heterocycles. The van der Waals surface area contributed by atoms with Crippen LogP contribution in [0, 0.1) is 5.82 Å². The van der Waals surface area contributed by atoms with Crippen LogP contribution in [0.5, 0.6) is 5.75 Å². The first-order chi connectivity index (χ1) is 12.0. The zero-order chi connectivity index (χ0) is 17.8. The Labute approximate surface area is 148 Å². The predicted molar refractivity (Wildman–Crippen MR) is 92.1 cm³/mol. The van der Waals surface area contributed by atoms with Crippen molar-refractivity contribution in [2.75, 3.05) is 39.5 Å². The monoisotopic (exact) mass is 353 g/mol. The highest BCUT2D eigenvalue weighted by molar-refractivity contribution is 5.22. The summed E-state index contributed by atoms with van der Waals surface area (Å²) in [7, 11) is 0. The predicted octanol–water partition coefficient (Wildman–Crippen LogP) is 1.96. The van der Waals surface area contributed by atoms with Crippen molar-refractivity contribution in [2.45, 2.75) is 43.3 Å². The van der Waals surface area contributed by atoms with Gasteiger partial charge in [0, 0.05) is 25.7 Å². The molecule has 0 amide bonds. The molecule has 1 atom stereocenters. The van der Waals surface area contributed by atoms with E-state index < -0.39 is 11.2 Å². The molecule has 0 radical (unpaired) electrons. The van der Waals surface area contributed by atoms with Gasteiger partial charge in [-0.15, -0.1) is 0 Å². The first-order valence-electron chi connectivity index (χ1n) is 9.10. The number of aliphatic hydroxyl groups is 2. The maximum absolute atomic E-state index is 13.3. The van der Waals surface area contributed by atoms with Gasteiger partial charge in [-0.25, -0.2) is 4.39 Å². The summed E-state index contributed by atoms with van der Waals surface area (Å²) in [6.45, 7) is 2.27. The Bertz CT molecular complexity index is 564. The summed E-state index contributed by atoms with van der Waals surface area (Å²) < 4.78 is 24.4. The maximum Gasteiger partial charge on any atom is 0.134 e. The van der Waals surface area contributed by atoms with Gasteiger partial charge >= 0.3 is 0 Å². The Morgan fingerprint density at radius 3 is 2.72 bits per heavy atom. The van der Waals surface area contributed by atoms with Crippen LogP contribution in [-0.4, -0.2) is 65.8 Å². The van der Waals surface area contributed by atoms with Crippen molar-refractivity contribution < 1.29 is 24.1 Å². The van der Waals surface area contributed by atoms with Gasteiger partial charge in [0.15, 0.2) is 0 Å². The molecule has 1 aromatic rings. The van der Waals surface area contributed by atoms with E-state index >= 15 is 0 Å². The minimum atomic E-state index is -1.19. The highest BCUT2D eigenvalue weighted by Crippen LogP contribution is 2.29. The van der Waals surface area contributed by atoms with Crippen LogP contribution < -0.4 is 4.74 Å². The zero-order valence-corrected chi connectivity index (χ0v) is 14.6. The minimum absolute atomic E-state index is 0.0192. The first kappa shape index (κ1) is 18.6. The van der Waals surface area contributed by atoms with E-state index in [9.17, 15) is 14.6 Å². The quantitative estimate of drug-likeness (QED) is 0.847. The van der Waals surface area contributed by atoms with Crippen LogP contribution in [0.1, 0.15) is 32.1 Å². The van der Waals surface area contributed by atoms with Crippen LogP contribution >= 0.6 is 0 Å². The van der Waals surface area contributed by atoms with Gasteiger partial charge in [0.25, 0.3) is 0 Å². The molecule has 2 aliphatic rings. The molecule has 1 aromatic carbocycles. The average Bonchev–Trinajstić information content (AvgIpc) is 2.75. The van der Waals surface area contributed by atoms with Crippen molar-refractivity contribution >= 4 is 0 Å². The number of hydrogen-bond donors (Lipinski definition) is 2. The van der Waals surface area contributed by atoms with Crippen molar-refractivity contribution in [1.29, 1.82) is 0 Å². The average molecular weight is 353 g/mol. The Morgan fingerprint density at radius 1 is 1.16 bits per heavy atom. The van der Waals surface area contributed by atoms with Crippen molar-refractivity contribution in [2.24, 2.45) is 0 Å². The summed E-state index contributed by atoms with van der Waals surface area (Å²) in [4.78, 5) is 2.06. The van der Waals surface area contributed by atoms with Crippen molar-refractivity contribution in [3.05, 3.63) is 30.1 Å². The third-order valence-corrected chi connectivity index (χ3v) is 5.05. The van der Waals surface area contributed by atoms with Crippen LogP contribution in [0.3, 0.4) is 0 Å². The highest BCUT2D eigenvalue weighted by atomic mass is 19.1. The third-order valence-electron chi connectivity index (χ3n) is 5.05. The fraction of sp³-hybridized carbons (Fsp3) is 0.684. The molecule has 0 bridgehead atoms. The number of ether oxygens (including phenoxy) is 2. The fourth-order valence-corrected chi connectivity index (χ4v) is 3.78. The largest absolute Gasteiger partial charge is 0.490 e. The van der Waals surface area contributed by atoms with Gasteiger partial charge in [-0.3, -0.25) is 4.90 Å². The second-order valence-electron chi connectivity index (χ2n) is 7.52. The molecule has 2 fully saturated rings. The SMILES string of the molecule is OC1(CN2CCOCC(O)(COc3cccc(F)c3)C2)CCCCC1. The Kier molecular flexibility index (Phi) is 5.94. The Morgan fingerprint density at radius 2 is 1.96 bits per heavy atom.